The van der Waals surface area contributed by atoms with Gasteiger partial charge in [-0.25, -0.2) is 8.42 Å². The molecule has 0 heterocycles. The average Bonchev–Trinajstić information content (AvgIpc) is 3.62. The standard InChI is InChI=1S/C26H36N2O4S/c1-7-17-27(21-13-14-21)25(29)19(2)28(22-9-8-10-23(18-22)32-6)33(30,31)24-15-11-20(12-16-24)26(3,4)5/h8-12,15-16,18-19,21H,7,13-14,17H2,1-6H3. The Kier molecular flexibility index (Phi) is 7.42. The Labute approximate surface area is 198 Å². The first-order valence-electron chi connectivity index (χ1n) is 11.6. The maximum absolute atomic E-state index is 13.9. The van der Waals surface area contributed by atoms with Gasteiger partial charge in [0, 0.05) is 18.7 Å². The Morgan fingerprint density at radius 2 is 1.76 bits per heavy atom. The van der Waals surface area contributed by atoms with Gasteiger partial charge in [0.15, 0.2) is 0 Å². The van der Waals surface area contributed by atoms with Crippen molar-refractivity contribution < 1.29 is 17.9 Å². The van der Waals surface area contributed by atoms with Gasteiger partial charge in [0.1, 0.15) is 11.8 Å². The molecule has 1 amide bonds. The Bertz CT molecular complexity index is 1070. The zero-order valence-corrected chi connectivity index (χ0v) is 21.4. The molecule has 0 saturated heterocycles. The lowest BCUT2D eigenvalue weighted by atomic mass is 9.87. The summed E-state index contributed by atoms with van der Waals surface area (Å²) in [5.74, 6) is 0.361. The molecule has 2 aromatic rings. The second-order valence-electron chi connectivity index (χ2n) is 9.72. The zero-order chi connectivity index (χ0) is 24.4. The summed E-state index contributed by atoms with van der Waals surface area (Å²) in [5, 5.41) is 0. The number of benzene rings is 2. The molecule has 6 nitrogen and oxygen atoms in total. The van der Waals surface area contributed by atoms with E-state index in [0.717, 1.165) is 24.8 Å². The third kappa shape index (κ3) is 5.52. The molecule has 0 radical (unpaired) electrons. The SMILES string of the molecule is CCCN(C(=O)C(C)N(c1cccc(OC)c1)S(=O)(=O)c1ccc(C(C)(C)C)cc1)C1CC1. The van der Waals surface area contributed by atoms with Crippen molar-refractivity contribution in [3.05, 3.63) is 54.1 Å². The van der Waals surface area contributed by atoms with Crippen LogP contribution < -0.4 is 9.04 Å². The number of anilines is 1. The van der Waals surface area contributed by atoms with Crippen LogP contribution in [0.25, 0.3) is 0 Å². The van der Waals surface area contributed by atoms with Gasteiger partial charge in [0.2, 0.25) is 5.91 Å². The number of nitrogens with zero attached hydrogens (tertiary/aromatic N) is 2. The number of rotatable bonds is 9. The fourth-order valence-electron chi connectivity index (χ4n) is 4.00. The quantitative estimate of drug-likeness (QED) is 0.516. The van der Waals surface area contributed by atoms with E-state index in [1.54, 1.807) is 43.3 Å². The molecule has 2 aromatic carbocycles. The Morgan fingerprint density at radius 1 is 1.12 bits per heavy atom. The van der Waals surface area contributed by atoms with Gasteiger partial charge in [-0.2, -0.15) is 0 Å². The highest BCUT2D eigenvalue weighted by molar-refractivity contribution is 7.93. The van der Waals surface area contributed by atoms with Crippen molar-refractivity contribution in [3.8, 4) is 5.75 Å². The van der Waals surface area contributed by atoms with Crippen LogP contribution in [-0.4, -0.2) is 45.0 Å². The number of sulfonamides is 1. The first-order valence-corrected chi connectivity index (χ1v) is 13.0. The summed E-state index contributed by atoms with van der Waals surface area (Å²) >= 11 is 0. The lowest BCUT2D eigenvalue weighted by Crippen LogP contribution is -2.50. The molecule has 1 saturated carbocycles. The third-order valence-electron chi connectivity index (χ3n) is 6.03. The minimum absolute atomic E-state index is 0.0943. The van der Waals surface area contributed by atoms with E-state index in [0.29, 0.717) is 18.0 Å². The molecule has 7 heteroatoms. The van der Waals surface area contributed by atoms with Gasteiger partial charge in [0.25, 0.3) is 10.0 Å². The molecular weight excluding hydrogens is 436 g/mol. The molecule has 1 fully saturated rings. The summed E-state index contributed by atoms with van der Waals surface area (Å²) < 4.78 is 34.4. The fraction of sp³-hybridized carbons (Fsp3) is 0.500. The molecule has 1 atom stereocenters. The van der Waals surface area contributed by atoms with Gasteiger partial charge in [-0.05, 0) is 61.4 Å². The molecule has 180 valence electrons. The number of hydrogen-bond acceptors (Lipinski definition) is 4. The largest absolute Gasteiger partial charge is 0.497 e. The van der Waals surface area contributed by atoms with E-state index >= 15 is 0 Å². The predicted molar refractivity (Wildman–Crippen MR) is 132 cm³/mol. The summed E-state index contributed by atoms with van der Waals surface area (Å²) in [4.78, 5) is 15.5. The fourth-order valence-corrected chi connectivity index (χ4v) is 5.60. The van der Waals surface area contributed by atoms with Gasteiger partial charge < -0.3 is 9.64 Å². The molecule has 0 aliphatic heterocycles. The minimum Gasteiger partial charge on any atom is -0.497 e. The summed E-state index contributed by atoms with van der Waals surface area (Å²) in [5.41, 5.74) is 1.35. The molecule has 0 aromatic heterocycles. The highest BCUT2D eigenvalue weighted by atomic mass is 32.2. The number of hydrogen-bond donors (Lipinski definition) is 0. The number of ether oxygens (including phenoxy) is 1. The Hall–Kier alpha value is -2.54. The van der Waals surface area contributed by atoms with Gasteiger partial charge in [-0.3, -0.25) is 9.10 Å². The van der Waals surface area contributed by atoms with Crippen molar-refractivity contribution >= 4 is 21.6 Å². The zero-order valence-electron chi connectivity index (χ0n) is 20.5. The number of carbonyl (C=O) groups is 1. The van der Waals surface area contributed by atoms with Crippen LogP contribution in [0.2, 0.25) is 0 Å². The van der Waals surface area contributed by atoms with Gasteiger partial charge in [-0.15, -0.1) is 0 Å². The third-order valence-corrected chi connectivity index (χ3v) is 7.94. The molecule has 3 rings (SSSR count). The topological polar surface area (TPSA) is 66.9 Å². The maximum Gasteiger partial charge on any atom is 0.265 e. The second-order valence-corrected chi connectivity index (χ2v) is 11.5. The lowest BCUT2D eigenvalue weighted by Gasteiger charge is -2.34. The molecule has 0 bridgehead atoms. The highest BCUT2D eigenvalue weighted by Gasteiger charge is 2.40. The number of amides is 1. The smallest absolute Gasteiger partial charge is 0.265 e. The number of carbonyl (C=O) groups excluding carboxylic acids is 1. The Balaban J connectivity index is 2.07. The monoisotopic (exact) mass is 472 g/mol. The van der Waals surface area contributed by atoms with E-state index in [4.69, 9.17) is 4.74 Å². The van der Waals surface area contributed by atoms with Crippen LogP contribution in [0.1, 0.15) is 59.4 Å². The van der Waals surface area contributed by atoms with Crippen molar-refractivity contribution in [2.75, 3.05) is 18.0 Å². The summed E-state index contributed by atoms with van der Waals surface area (Å²) in [7, 11) is -2.47. The summed E-state index contributed by atoms with van der Waals surface area (Å²) in [6.45, 7) is 10.6. The van der Waals surface area contributed by atoms with E-state index < -0.39 is 16.1 Å². The summed E-state index contributed by atoms with van der Waals surface area (Å²) in [6, 6.07) is 13.1. The molecule has 1 aliphatic carbocycles. The van der Waals surface area contributed by atoms with Crippen molar-refractivity contribution in [1.29, 1.82) is 0 Å². The van der Waals surface area contributed by atoms with E-state index in [1.165, 1.54) is 11.4 Å². The van der Waals surface area contributed by atoms with Crippen LogP contribution in [0.3, 0.4) is 0 Å². The van der Waals surface area contributed by atoms with E-state index in [1.807, 2.05) is 24.0 Å². The van der Waals surface area contributed by atoms with Crippen molar-refractivity contribution in [2.24, 2.45) is 0 Å². The molecule has 33 heavy (non-hydrogen) atoms. The van der Waals surface area contributed by atoms with Crippen LogP contribution in [0.15, 0.2) is 53.4 Å². The minimum atomic E-state index is -4.01. The van der Waals surface area contributed by atoms with Crippen molar-refractivity contribution in [3.63, 3.8) is 0 Å². The molecule has 0 spiro atoms. The van der Waals surface area contributed by atoms with Crippen LogP contribution in [0, 0.1) is 0 Å². The number of methoxy groups -OCH3 is 1. The van der Waals surface area contributed by atoms with Crippen molar-refractivity contribution in [1.82, 2.24) is 4.90 Å². The highest BCUT2D eigenvalue weighted by Crippen LogP contribution is 2.33. The van der Waals surface area contributed by atoms with E-state index in [2.05, 4.69) is 20.8 Å². The van der Waals surface area contributed by atoms with Gasteiger partial charge in [0.05, 0.1) is 17.7 Å². The molecule has 1 aliphatic rings. The van der Waals surface area contributed by atoms with Crippen molar-refractivity contribution in [2.45, 2.75) is 76.3 Å². The van der Waals surface area contributed by atoms with Gasteiger partial charge in [-0.1, -0.05) is 45.9 Å². The van der Waals surface area contributed by atoms with E-state index in [9.17, 15) is 13.2 Å². The molecule has 1 unspecified atom stereocenters. The lowest BCUT2D eigenvalue weighted by molar-refractivity contribution is -0.132. The van der Waals surface area contributed by atoms with Crippen LogP contribution in [0.5, 0.6) is 5.75 Å². The van der Waals surface area contributed by atoms with E-state index in [-0.39, 0.29) is 22.3 Å². The van der Waals surface area contributed by atoms with Crippen LogP contribution in [-0.2, 0) is 20.2 Å². The van der Waals surface area contributed by atoms with Crippen LogP contribution >= 0.6 is 0 Å². The summed E-state index contributed by atoms with van der Waals surface area (Å²) in [6.07, 6.45) is 2.77. The maximum atomic E-state index is 13.9. The van der Waals surface area contributed by atoms with Crippen LogP contribution in [0.4, 0.5) is 5.69 Å². The normalized spacial score (nSPS) is 15.1. The second kappa shape index (κ2) is 9.75. The predicted octanol–water partition coefficient (Wildman–Crippen LogP) is 4.98. The first kappa shape index (κ1) is 25.1. The first-order chi connectivity index (χ1) is 15.5. The average molecular weight is 473 g/mol. The molecule has 0 N–H and O–H groups in total. The Morgan fingerprint density at radius 3 is 2.27 bits per heavy atom. The van der Waals surface area contributed by atoms with Gasteiger partial charge >= 0.3 is 0 Å². The molecular formula is C26H36N2O4S.